The Kier molecular flexibility index (Phi) is 4.60. The van der Waals surface area contributed by atoms with Crippen molar-refractivity contribution in [2.75, 3.05) is 13.1 Å². The second kappa shape index (κ2) is 6.06. The number of hydrogen-bond donors (Lipinski definition) is 0. The van der Waals surface area contributed by atoms with Crippen LogP contribution in [-0.2, 0) is 10.0 Å². The highest BCUT2D eigenvalue weighted by Crippen LogP contribution is 2.25. The fourth-order valence-corrected chi connectivity index (χ4v) is 4.10. The van der Waals surface area contributed by atoms with Gasteiger partial charge in [-0.05, 0) is 37.8 Å². The molecule has 110 valence electrons. The molecule has 1 heterocycles. The Bertz CT molecular complexity index is 587. The lowest BCUT2D eigenvalue weighted by molar-refractivity contribution is 0.101. The van der Waals surface area contributed by atoms with E-state index in [4.69, 9.17) is 0 Å². The van der Waals surface area contributed by atoms with Crippen molar-refractivity contribution in [3.05, 3.63) is 29.8 Å². The summed E-state index contributed by atoms with van der Waals surface area (Å²) in [6.45, 7) is 4.74. The maximum Gasteiger partial charge on any atom is 0.243 e. The minimum absolute atomic E-state index is 0.119. The molecule has 1 aliphatic heterocycles. The standard InChI is InChI=1S/C15H21NO3S/c1-3-13-7-9-16(10-8-13)20(18,19)15-6-4-5-14(11-15)12(2)17/h4-6,11,13H,3,7-10H2,1-2H3. The van der Waals surface area contributed by atoms with Crippen LogP contribution in [0.25, 0.3) is 0 Å². The van der Waals surface area contributed by atoms with Gasteiger partial charge >= 0.3 is 0 Å². The topological polar surface area (TPSA) is 54.5 Å². The van der Waals surface area contributed by atoms with Crippen molar-refractivity contribution >= 4 is 15.8 Å². The van der Waals surface area contributed by atoms with Gasteiger partial charge in [0.2, 0.25) is 10.0 Å². The third-order valence-corrected chi connectivity index (χ3v) is 5.92. The second-order valence-electron chi connectivity index (χ2n) is 5.34. The van der Waals surface area contributed by atoms with Crippen molar-refractivity contribution in [3.63, 3.8) is 0 Å². The molecular weight excluding hydrogens is 274 g/mol. The lowest BCUT2D eigenvalue weighted by Gasteiger charge is -2.30. The first-order valence-corrected chi connectivity index (χ1v) is 8.50. The molecule has 1 aliphatic rings. The molecule has 0 unspecified atom stereocenters. The molecule has 0 aromatic heterocycles. The van der Waals surface area contributed by atoms with Gasteiger partial charge in [0.05, 0.1) is 4.90 Å². The van der Waals surface area contributed by atoms with E-state index in [1.165, 1.54) is 13.0 Å². The van der Waals surface area contributed by atoms with E-state index in [1.54, 1.807) is 22.5 Å². The molecule has 0 aliphatic carbocycles. The van der Waals surface area contributed by atoms with E-state index in [0.29, 0.717) is 24.6 Å². The summed E-state index contributed by atoms with van der Waals surface area (Å²) < 4.78 is 26.7. The molecule has 2 rings (SSSR count). The Morgan fingerprint density at radius 2 is 1.95 bits per heavy atom. The van der Waals surface area contributed by atoms with Gasteiger partial charge in [0.25, 0.3) is 0 Å². The number of sulfonamides is 1. The predicted octanol–water partition coefficient (Wildman–Crippen LogP) is 2.70. The SMILES string of the molecule is CCC1CCN(S(=O)(=O)c2cccc(C(C)=O)c2)CC1. The number of piperidine rings is 1. The van der Waals surface area contributed by atoms with Crippen LogP contribution in [0, 0.1) is 5.92 Å². The summed E-state index contributed by atoms with van der Waals surface area (Å²) in [5.41, 5.74) is 0.439. The molecule has 1 aromatic carbocycles. The van der Waals surface area contributed by atoms with Crippen molar-refractivity contribution < 1.29 is 13.2 Å². The van der Waals surface area contributed by atoms with E-state index < -0.39 is 10.0 Å². The second-order valence-corrected chi connectivity index (χ2v) is 7.28. The molecule has 0 atom stereocenters. The number of rotatable bonds is 4. The Balaban J connectivity index is 2.23. The van der Waals surface area contributed by atoms with E-state index in [9.17, 15) is 13.2 Å². The molecule has 0 amide bonds. The molecule has 1 aromatic rings. The lowest BCUT2D eigenvalue weighted by Crippen LogP contribution is -2.38. The van der Waals surface area contributed by atoms with Crippen LogP contribution in [0.1, 0.15) is 43.5 Å². The summed E-state index contributed by atoms with van der Waals surface area (Å²) >= 11 is 0. The van der Waals surface area contributed by atoms with Crippen molar-refractivity contribution in [1.29, 1.82) is 0 Å². The molecular formula is C15H21NO3S. The molecule has 0 radical (unpaired) electrons. The van der Waals surface area contributed by atoms with E-state index in [1.807, 2.05) is 0 Å². The summed E-state index contributed by atoms with van der Waals surface area (Å²) in [5, 5.41) is 0. The molecule has 5 heteroatoms. The molecule has 0 spiro atoms. The minimum atomic E-state index is -3.47. The number of ketones is 1. The van der Waals surface area contributed by atoms with Crippen LogP contribution < -0.4 is 0 Å². The largest absolute Gasteiger partial charge is 0.295 e. The molecule has 1 fully saturated rings. The fourth-order valence-electron chi connectivity index (χ4n) is 2.58. The smallest absolute Gasteiger partial charge is 0.243 e. The first kappa shape index (κ1) is 15.2. The maximum absolute atomic E-state index is 12.6. The van der Waals surface area contributed by atoms with Crippen LogP contribution in [0.15, 0.2) is 29.2 Å². The number of hydrogen-bond acceptors (Lipinski definition) is 3. The van der Waals surface area contributed by atoms with Gasteiger partial charge in [-0.3, -0.25) is 4.79 Å². The van der Waals surface area contributed by atoms with Crippen LogP contribution in [0.3, 0.4) is 0 Å². The maximum atomic E-state index is 12.6. The zero-order valence-corrected chi connectivity index (χ0v) is 12.8. The average molecular weight is 295 g/mol. The minimum Gasteiger partial charge on any atom is -0.295 e. The zero-order valence-electron chi connectivity index (χ0n) is 12.0. The fraction of sp³-hybridized carbons (Fsp3) is 0.533. The molecule has 20 heavy (non-hydrogen) atoms. The summed E-state index contributed by atoms with van der Waals surface area (Å²) in [6, 6.07) is 6.31. The number of benzene rings is 1. The van der Waals surface area contributed by atoms with Crippen LogP contribution in [-0.4, -0.2) is 31.6 Å². The van der Waals surface area contributed by atoms with Crippen molar-refractivity contribution in [2.45, 2.75) is 38.0 Å². The van der Waals surface area contributed by atoms with Gasteiger partial charge in [-0.25, -0.2) is 8.42 Å². The van der Waals surface area contributed by atoms with E-state index in [2.05, 4.69) is 6.92 Å². The molecule has 0 N–H and O–H groups in total. The lowest BCUT2D eigenvalue weighted by atomic mass is 9.96. The van der Waals surface area contributed by atoms with Crippen LogP contribution in [0.4, 0.5) is 0 Å². The van der Waals surface area contributed by atoms with Crippen LogP contribution in [0.5, 0.6) is 0 Å². The van der Waals surface area contributed by atoms with Crippen molar-refractivity contribution in [3.8, 4) is 0 Å². The number of carbonyl (C=O) groups excluding carboxylic acids is 1. The monoisotopic (exact) mass is 295 g/mol. The Hall–Kier alpha value is -1.20. The van der Waals surface area contributed by atoms with E-state index in [0.717, 1.165) is 19.3 Å². The molecule has 0 saturated carbocycles. The average Bonchev–Trinajstić information content (AvgIpc) is 2.47. The van der Waals surface area contributed by atoms with Gasteiger partial charge < -0.3 is 0 Å². The van der Waals surface area contributed by atoms with Crippen molar-refractivity contribution in [2.24, 2.45) is 5.92 Å². The summed E-state index contributed by atoms with van der Waals surface area (Å²) in [4.78, 5) is 11.6. The quantitative estimate of drug-likeness (QED) is 0.803. The number of nitrogens with zero attached hydrogens (tertiary/aromatic N) is 1. The Labute approximate surface area is 120 Å². The summed E-state index contributed by atoms with van der Waals surface area (Å²) in [6.07, 6.45) is 2.94. The van der Waals surface area contributed by atoms with Gasteiger partial charge in [-0.15, -0.1) is 0 Å². The third kappa shape index (κ3) is 3.10. The number of Topliss-reactive ketones (excluding diaryl/α,β-unsaturated/α-hetero) is 1. The zero-order chi connectivity index (χ0) is 14.8. The molecule has 0 bridgehead atoms. The van der Waals surface area contributed by atoms with E-state index >= 15 is 0 Å². The molecule has 1 saturated heterocycles. The third-order valence-electron chi connectivity index (χ3n) is 4.03. The normalized spacial score (nSPS) is 18.1. The summed E-state index contributed by atoms with van der Waals surface area (Å²) in [5.74, 6) is 0.511. The first-order valence-electron chi connectivity index (χ1n) is 7.06. The van der Waals surface area contributed by atoms with Gasteiger partial charge in [-0.1, -0.05) is 25.5 Å². The Morgan fingerprint density at radius 3 is 2.50 bits per heavy atom. The highest BCUT2D eigenvalue weighted by molar-refractivity contribution is 7.89. The van der Waals surface area contributed by atoms with Crippen LogP contribution >= 0.6 is 0 Å². The number of carbonyl (C=O) groups is 1. The highest BCUT2D eigenvalue weighted by Gasteiger charge is 2.28. The highest BCUT2D eigenvalue weighted by atomic mass is 32.2. The van der Waals surface area contributed by atoms with Crippen LogP contribution in [0.2, 0.25) is 0 Å². The first-order chi connectivity index (χ1) is 9.45. The Morgan fingerprint density at radius 1 is 1.30 bits per heavy atom. The van der Waals surface area contributed by atoms with Gasteiger partial charge in [0, 0.05) is 18.7 Å². The van der Waals surface area contributed by atoms with Gasteiger partial charge in [-0.2, -0.15) is 4.31 Å². The van der Waals surface area contributed by atoms with Gasteiger partial charge in [0.15, 0.2) is 5.78 Å². The predicted molar refractivity (Wildman–Crippen MR) is 78.2 cm³/mol. The summed E-state index contributed by atoms with van der Waals surface area (Å²) in [7, 11) is -3.47. The molecule has 4 nitrogen and oxygen atoms in total. The van der Waals surface area contributed by atoms with Crippen molar-refractivity contribution in [1.82, 2.24) is 4.31 Å². The van der Waals surface area contributed by atoms with E-state index in [-0.39, 0.29) is 10.7 Å². The van der Waals surface area contributed by atoms with Gasteiger partial charge in [0.1, 0.15) is 0 Å².